The van der Waals surface area contributed by atoms with Crippen molar-refractivity contribution in [2.75, 3.05) is 12.4 Å². The molecule has 1 N–H and O–H groups in total. The molecule has 0 amide bonds. The number of aromatic nitrogens is 1. The summed E-state index contributed by atoms with van der Waals surface area (Å²) in [5.74, 6) is 0. The topological polar surface area (TPSA) is 68.1 Å². The first-order chi connectivity index (χ1) is 6.07. The van der Waals surface area contributed by atoms with E-state index >= 15 is 0 Å². The van der Waals surface area contributed by atoms with Crippen LogP contribution >= 0.6 is 0 Å². The molecule has 0 aliphatic rings. The van der Waals surface area contributed by atoms with Crippen LogP contribution in [0.1, 0.15) is 11.3 Å². The number of nitro groups is 1. The molecule has 0 radical (unpaired) electrons. The number of nitrogens with zero attached hydrogens (tertiary/aromatic N) is 2. The number of rotatable bonds is 2. The lowest BCUT2D eigenvalue weighted by molar-refractivity contribution is -0.384. The Morgan fingerprint density at radius 1 is 1.54 bits per heavy atom. The Morgan fingerprint density at radius 2 is 2.15 bits per heavy atom. The lowest BCUT2D eigenvalue weighted by atomic mass is 10.1. The van der Waals surface area contributed by atoms with Crippen molar-refractivity contribution in [3.05, 3.63) is 27.6 Å². The summed E-state index contributed by atoms with van der Waals surface area (Å²) >= 11 is 0. The fourth-order valence-electron chi connectivity index (χ4n) is 1.15. The van der Waals surface area contributed by atoms with Crippen LogP contribution in [0.5, 0.6) is 0 Å². The van der Waals surface area contributed by atoms with Gasteiger partial charge in [-0.2, -0.15) is 0 Å². The first-order valence-electron chi connectivity index (χ1n) is 3.86. The van der Waals surface area contributed by atoms with Gasteiger partial charge in [-0.15, -0.1) is 0 Å². The Balaban J connectivity index is 3.38. The van der Waals surface area contributed by atoms with Gasteiger partial charge in [0, 0.05) is 18.3 Å². The summed E-state index contributed by atoms with van der Waals surface area (Å²) in [6, 6.07) is 0. The zero-order chi connectivity index (χ0) is 10.0. The Bertz CT molecular complexity index is 349. The molecule has 0 aliphatic carbocycles. The SMILES string of the molecule is CNc1c([N+](=O)[O-])cnc(C)c1C. The molecular weight excluding hydrogens is 170 g/mol. The summed E-state index contributed by atoms with van der Waals surface area (Å²) in [6.45, 7) is 3.63. The van der Waals surface area contributed by atoms with Crippen LogP contribution < -0.4 is 5.32 Å². The molecular formula is C8H11N3O2. The predicted octanol–water partition coefficient (Wildman–Crippen LogP) is 1.65. The van der Waals surface area contributed by atoms with Gasteiger partial charge in [0.15, 0.2) is 0 Å². The average molecular weight is 181 g/mol. The van der Waals surface area contributed by atoms with Crippen LogP contribution in [0.4, 0.5) is 11.4 Å². The van der Waals surface area contributed by atoms with Crippen molar-refractivity contribution >= 4 is 11.4 Å². The highest BCUT2D eigenvalue weighted by atomic mass is 16.6. The molecule has 13 heavy (non-hydrogen) atoms. The molecule has 0 aromatic carbocycles. The Morgan fingerprint density at radius 3 is 2.62 bits per heavy atom. The molecule has 1 aromatic heterocycles. The number of pyridine rings is 1. The number of hydrogen-bond donors (Lipinski definition) is 1. The molecule has 0 atom stereocenters. The summed E-state index contributed by atoms with van der Waals surface area (Å²) in [6.07, 6.45) is 1.27. The molecule has 1 heterocycles. The van der Waals surface area contributed by atoms with Gasteiger partial charge < -0.3 is 5.32 Å². The van der Waals surface area contributed by atoms with Gasteiger partial charge in [-0.3, -0.25) is 15.1 Å². The lowest BCUT2D eigenvalue weighted by Crippen LogP contribution is -2.01. The van der Waals surface area contributed by atoms with Crippen molar-refractivity contribution in [3.63, 3.8) is 0 Å². The summed E-state index contributed by atoms with van der Waals surface area (Å²) in [7, 11) is 1.66. The van der Waals surface area contributed by atoms with Gasteiger partial charge in [-0.25, -0.2) is 0 Å². The zero-order valence-electron chi connectivity index (χ0n) is 7.79. The third-order valence-corrected chi connectivity index (χ3v) is 2.00. The Labute approximate surface area is 75.9 Å². The fourth-order valence-corrected chi connectivity index (χ4v) is 1.15. The van der Waals surface area contributed by atoms with Crippen molar-refractivity contribution in [2.24, 2.45) is 0 Å². The maximum Gasteiger partial charge on any atom is 0.310 e. The fraction of sp³-hybridized carbons (Fsp3) is 0.375. The second-order valence-electron chi connectivity index (χ2n) is 2.74. The van der Waals surface area contributed by atoms with Crippen LogP contribution in [0.2, 0.25) is 0 Å². The van der Waals surface area contributed by atoms with Crippen LogP contribution in [-0.4, -0.2) is 17.0 Å². The Hall–Kier alpha value is -1.65. The minimum Gasteiger partial charge on any atom is -0.382 e. The van der Waals surface area contributed by atoms with Crippen LogP contribution in [0.25, 0.3) is 0 Å². The first kappa shape index (κ1) is 9.44. The van der Waals surface area contributed by atoms with Crippen molar-refractivity contribution in [2.45, 2.75) is 13.8 Å². The van der Waals surface area contributed by atoms with Crippen molar-refractivity contribution in [1.29, 1.82) is 0 Å². The average Bonchev–Trinajstić information content (AvgIpc) is 2.09. The van der Waals surface area contributed by atoms with E-state index in [4.69, 9.17) is 0 Å². The zero-order valence-corrected chi connectivity index (χ0v) is 7.79. The molecule has 5 heteroatoms. The first-order valence-corrected chi connectivity index (χ1v) is 3.86. The summed E-state index contributed by atoms with van der Waals surface area (Å²) in [4.78, 5) is 14.1. The molecule has 0 saturated carbocycles. The summed E-state index contributed by atoms with van der Waals surface area (Å²) in [5, 5.41) is 13.4. The van der Waals surface area contributed by atoms with Crippen LogP contribution in [0.3, 0.4) is 0 Å². The monoisotopic (exact) mass is 181 g/mol. The van der Waals surface area contributed by atoms with E-state index in [1.54, 1.807) is 14.0 Å². The van der Waals surface area contributed by atoms with E-state index in [1.807, 2.05) is 6.92 Å². The van der Waals surface area contributed by atoms with Gasteiger partial charge in [-0.1, -0.05) is 0 Å². The maximum atomic E-state index is 10.6. The molecule has 0 unspecified atom stereocenters. The molecule has 70 valence electrons. The van der Waals surface area contributed by atoms with E-state index in [0.717, 1.165) is 11.3 Å². The van der Waals surface area contributed by atoms with Crippen LogP contribution in [-0.2, 0) is 0 Å². The molecule has 0 fully saturated rings. The summed E-state index contributed by atoms with van der Waals surface area (Å²) in [5.41, 5.74) is 2.18. The molecule has 1 aromatic rings. The molecule has 5 nitrogen and oxygen atoms in total. The van der Waals surface area contributed by atoms with Crippen LogP contribution in [0.15, 0.2) is 6.20 Å². The number of hydrogen-bond acceptors (Lipinski definition) is 4. The minimum absolute atomic E-state index is 0.0191. The van der Waals surface area contributed by atoms with Gasteiger partial charge in [0.05, 0.1) is 4.92 Å². The largest absolute Gasteiger partial charge is 0.382 e. The number of nitrogens with one attached hydrogen (secondary N) is 1. The predicted molar refractivity (Wildman–Crippen MR) is 49.9 cm³/mol. The minimum atomic E-state index is -0.439. The van der Waals surface area contributed by atoms with E-state index < -0.39 is 4.92 Å². The highest BCUT2D eigenvalue weighted by molar-refractivity contribution is 5.65. The Kier molecular flexibility index (Phi) is 2.46. The van der Waals surface area contributed by atoms with E-state index in [2.05, 4.69) is 10.3 Å². The third-order valence-electron chi connectivity index (χ3n) is 2.00. The van der Waals surface area contributed by atoms with Crippen molar-refractivity contribution < 1.29 is 4.92 Å². The second kappa shape index (κ2) is 3.38. The van der Waals surface area contributed by atoms with E-state index in [9.17, 15) is 10.1 Å². The second-order valence-corrected chi connectivity index (χ2v) is 2.74. The normalized spacial score (nSPS) is 9.77. The molecule has 0 saturated heterocycles. The highest BCUT2D eigenvalue weighted by Gasteiger charge is 2.16. The summed E-state index contributed by atoms with van der Waals surface area (Å²) < 4.78 is 0. The van der Waals surface area contributed by atoms with Crippen LogP contribution in [0, 0.1) is 24.0 Å². The highest BCUT2D eigenvalue weighted by Crippen LogP contribution is 2.27. The van der Waals surface area contributed by atoms with Gasteiger partial charge in [-0.05, 0) is 13.8 Å². The van der Waals surface area contributed by atoms with Gasteiger partial charge in [0.25, 0.3) is 0 Å². The molecule has 0 bridgehead atoms. The quantitative estimate of drug-likeness (QED) is 0.556. The van der Waals surface area contributed by atoms with Gasteiger partial charge in [0.2, 0.25) is 0 Å². The number of anilines is 1. The van der Waals surface area contributed by atoms with Gasteiger partial charge >= 0.3 is 5.69 Å². The van der Waals surface area contributed by atoms with E-state index in [-0.39, 0.29) is 5.69 Å². The third kappa shape index (κ3) is 1.58. The number of aryl methyl sites for hydroxylation is 1. The molecule has 0 spiro atoms. The van der Waals surface area contributed by atoms with Gasteiger partial charge in [0.1, 0.15) is 11.9 Å². The van der Waals surface area contributed by atoms with Crippen molar-refractivity contribution in [3.8, 4) is 0 Å². The standard InChI is InChI=1S/C8H11N3O2/c1-5-6(2)10-4-7(11(12)13)8(5)9-3/h4H,1-3H3,(H,9,10). The maximum absolute atomic E-state index is 10.6. The van der Waals surface area contributed by atoms with E-state index in [1.165, 1.54) is 6.20 Å². The van der Waals surface area contributed by atoms with E-state index in [0.29, 0.717) is 5.69 Å². The van der Waals surface area contributed by atoms with Crippen molar-refractivity contribution in [1.82, 2.24) is 4.98 Å². The molecule has 1 rings (SSSR count). The smallest absolute Gasteiger partial charge is 0.310 e. The lowest BCUT2D eigenvalue weighted by Gasteiger charge is -2.06. The molecule has 0 aliphatic heterocycles.